The van der Waals surface area contributed by atoms with Gasteiger partial charge < -0.3 is 20.5 Å². The Balaban J connectivity index is 1.83. The molecular formula is C12H20N2O4. The normalized spacial score (nSPS) is 28.9. The van der Waals surface area contributed by atoms with Crippen LogP contribution in [0.25, 0.3) is 0 Å². The van der Waals surface area contributed by atoms with Crippen molar-refractivity contribution in [2.75, 3.05) is 13.7 Å². The Morgan fingerprint density at radius 3 is 2.72 bits per heavy atom. The number of hydrogen-bond donors (Lipinski definition) is 3. The van der Waals surface area contributed by atoms with Crippen molar-refractivity contribution in [1.29, 1.82) is 0 Å². The van der Waals surface area contributed by atoms with Crippen molar-refractivity contribution in [2.45, 2.75) is 43.9 Å². The van der Waals surface area contributed by atoms with Crippen LogP contribution >= 0.6 is 0 Å². The monoisotopic (exact) mass is 256 g/mol. The van der Waals surface area contributed by atoms with Crippen LogP contribution in [0.1, 0.15) is 25.7 Å². The first-order valence-corrected chi connectivity index (χ1v) is 6.38. The topological polar surface area (TPSA) is 87.7 Å². The summed E-state index contributed by atoms with van der Waals surface area (Å²) in [5.74, 6) is -0.626. The zero-order chi connectivity index (χ0) is 13.1. The van der Waals surface area contributed by atoms with Crippen molar-refractivity contribution in [3.63, 3.8) is 0 Å². The average molecular weight is 256 g/mol. The van der Waals surface area contributed by atoms with Crippen molar-refractivity contribution in [2.24, 2.45) is 5.92 Å². The molecule has 18 heavy (non-hydrogen) atoms. The van der Waals surface area contributed by atoms with Gasteiger partial charge in [-0.25, -0.2) is 0 Å². The molecule has 1 aliphatic heterocycles. The van der Waals surface area contributed by atoms with E-state index in [1.165, 1.54) is 0 Å². The van der Waals surface area contributed by atoms with E-state index in [0.29, 0.717) is 18.9 Å². The highest BCUT2D eigenvalue weighted by atomic mass is 16.5. The largest absolute Gasteiger partial charge is 0.481 e. The minimum Gasteiger partial charge on any atom is -0.481 e. The van der Waals surface area contributed by atoms with Gasteiger partial charge in [0, 0.05) is 19.7 Å². The first-order valence-electron chi connectivity index (χ1n) is 6.38. The van der Waals surface area contributed by atoms with Gasteiger partial charge in [-0.3, -0.25) is 9.59 Å². The molecule has 0 aromatic carbocycles. The standard InChI is InChI=1S/C12H20N2O4/c1-18-8-4-10(13-6-8)12(17)14-9(5-11(15)16)7-2-3-7/h7-10,13H,2-6H2,1H3,(H,14,17)(H,15,16). The number of aliphatic carboxylic acids is 1. The van der Waals surface area contributed by atoms with E-state index in [1.54, 1.807) is 7.11 Å². The van der Waals surface area contributed by atoms with E-state index in [-0.39, 0.29) is 30.5 Å². The van der Waals surface area contributed by atoms with Gasteiger partial charge in [0.05, 0.1) is 18.6 Å². The summed E-state index contributed by atoms with van der Waals surface area (Å²) >= 11 is 0. The smallest absolute Gasteiger partial charge is 0.305 e. The van der Waals surface area contributed by atoms with Gasteiger partial charge >= 0.3 is 5.97 Å². The number of carboxylic acid groups (broad SMARTS) is 1. The highest BCUT2D eigenvalue weighted by Crippen LogP contribution is 2.34. The lowest BCUT2D eigenvalue weighted by Gasteiger charge is -2.19. The summed E-state index contributed by atoms with van der Waals surface area (Å²) in [6, 6.07) is -0.483. The molecule has 3 unspecified atom stereocenters. The molecule has 1 aliphatic carbocycles. The van der Waals surface area contributed by atoms with Gasteiger partial charge in [0.25, 0.3) is 0 Å². The average Bonchev–Trinajstić information content (AvgIpc) is 3.05. The Bertz CT molecular complexity index is 330. The summed E-state index contributed by atoms with van der Waals surface area (Å²) < 4.78 is 5.18. The number of methoxy groups -OCH3 is 1. The van der Waals surface area contributed by atoms with Crippen LogP contribution in [-0.2, 0) is 14.3 Å². The van der Waals surface area contributed by atoms with Crippen LogP contribution in [0.3, 0.4) is 0 Å². The van der Waals surface area contributed by atoms with E-state index in [2.05, 4.69) is 10.6 Å². The van der Waals surface area contributed by atoms with Crippen LogP contribution in [0.5, 0.6) is 0 Å². The first-order chi connectivity index (χ1) is 8.60. The second-order valence-corrected chi connectivity index (χ2v) is 5.10. The number of hydrogen-bond acceptors (Lipinski definition) is 4. The minimum absolute atomic E-state index is 0.0107. The molecule has 6 nitrogen and oxygen atoms in total. The lowest BCUT2D eigenvalue weighted by molar-refractivity contribution is -0.138. The maximum absolute atomic E-state index is 12.0. The number of ether oxygens (including phenoxy) is 1. The van der Waals surface area contributed by atoms with Gasteiger partial charge in [-0.1, -0.05) is 0 Å². The fraction of sp³-hybridized carbons (Fsp3) is 0.833. The maximum Gasteiger partial charge on any atom is 0.305 e. The first kappa shape index (κ1) is 13.3. The second kappa shape index (κ2) is 5.67. The quantitative estimate of drug-likeness (QED) is 0.609. The van der Waals surface area contributed by atoms with E-state index in [4.69, 9.17) is 9.84 Å². The molecule has 1 amide bonds. The summed E-state index contributed by atoms with van der Waals surface area (Å²) in [5, 5.41) is 14.8. The molecule has 3 atom stereocenters. The fourth-order valence-corrected chi connectivity index (χ4v) is 2.39. The molecule has 1 saturated heterocycles. The highest BCUT2D eigenvalue weighted by Gasteiger charge is 2.36. The Hall–Kier alpha value is -1.14. The second-order valence-electron chi connectivity index (χ2n) is 5.10. The van der Waals surface area contributed by atoms with E-state index >= 15 is 0 Å². The van der Waals surface area contributed by atoms with Crippen molar-refractivity contribution in [3.8, 4) is 0 Å². The van der Waals surface area contributed by atoms with Gasteiger partial charge in [0.2, 0.25) is 5.91 Å². The minimum atomic E-state index is -0.860. The third kappa shape index (κ3) is 3.43. The molecule has 102 valence electrons. The van der Waals surface area contributed by atoms with Crippen LogP contribution < -0.4 is 10.6 Å². The van der Waals surface area contributed by atoms with Crippen molar-refractivity contribution < 1.29 is 19.4 Å². The Kier molecular flexibility index (Phi) is 4.19. The summed E-state index contributed by atoms with van der Waals surface area (Å²) in [7, 11) is 1.63. The van der Waals surface area contributed by atoms with E-state index in [0.717, 1.165) is 12.8 Å². The molecule has 0 radical (unpaired) electrons. The number of carboxylic acids is 1. The molecule has 0 spiro atoms. The zero-order valence-electron chi connectivity index (χ0n) is 10.5. The molecule has 1 heterocycles. The number of nitrogens with one attached hydrogen (secondary N) is 2. The summed E-state index contributed by atoms with van der Waals surface area (Å²) in [6.07, 6.45) is 2.75. The van der Waals surface area contributed by atoms with E-state index in [9.17, 15) is 9.59 Å². The summed E-state index contributed by atoms with van der Waals surface area (Å²) in [6.45, 7) is 0.668. The molecule has 2 rings (SSSR count). The van der Waals surface area contributed by atoms with Gasteiger partial charge in [0.15, 0.2) is 0 Å². The maximum atomic E-state index is 12.0. The molecule has 1 saturated carbocycles. The molecular weight excluding hydrogens is 236 g/mol. The molecule has 0 aromatic heterocycles. The van der Waals surface area contributed by atoms with Crippen LogP contribution in [0.2, 0.25) is 0 Å². The number of rotatable bonds is 6. The van der Waals surface area contributed by atoms with E-state index < -0.39 is 5.97 Å². The van der Waals surface area contributed by atoms with Gasteiger partial charge in [-0.2, -0.15) is 0 Å². The third-order valence-electron chi connectivity index (χ3n) is 3.65. The Labute approximate surface area is 106 Å². The predicted octanol–water partition coefficient (Wildman–Crippen LogP) is -0.267. The number of amides is 1. The van der Waals surface area contributed by atoms with Crippen molar-refractivity contribution in [3.05, 3.63) is 0 Å². The summed E-state index contributed by atoms with van der Waals surface area (Å²) in [4.78, 5) is 22.8. The van der Waals surface area contributed by atoms with Gasteiger partial charge in [-0.05, 0) is 25.2 Å². The Morgan fingerprint density at radius 1 is 1.50 bits per heavy atom. The molecule has 2 fully saturated rings. The predicted molar refractivity (Wildman–Crippen MR) is 64.1 cm³/mol. The molecule has 3 N–H and O–H groups in total. The lowest BCUT2D eigenvalue weighted by atomic mass is 10.1. The van der Waals surface area contributed by atoms with E-state index in [1.807, 2.05) is 0 Å². The number of carbonyl (C=O) groups is 2. The van der Waals surface area contributed by atoms with Gasteiger partial charge in [-0.15, -0.1) is 0 Å². The van der Waals surface area contributed by atoms with Crippen LogP contribution in [-0.4, -0.2) is 48.8 Å². The molecule has 0 aromatic rings. The van der Waals surface area contributed by atoms with Crippen molar-refractivity contribution in [1.82, 2.24) is 10.6 Å². The van der Waals surface area contributed by atoms with Crippen LogP contribution in [0.4, 0.5) is 0 Å². The van der Waals surface area contributed by atoms with Crippen LogP contribution in [0.15, 0.2) is 0 Å². The fourth-order valence-electron chi connectivity index (χ4n) is 2.39. The van der Waals surface area contributed by atoms with Crippen molar-refractivity contribution >= 4 is 11.9 Å². The van der Waals surface area contributed by atoms with Crippen LogP contribution in [0, 0.1) is 5.92 Å². The third-order valence-corrected chi connectivity index (χ3v) is 3.65. The van der Waals surface area contributed by atoms with Gasteiger partial charge in [0.1, 0.15) is 0 Å². The molecule has 6 heteroatoms. The molecule has 0 bridgehead atoms. The number of carbonyl (C=O) groups excluding carboxylic acids is 1. The zero-order valence-corrected chi connectivity index (χ0v) is 10.5. The Morgan fingerprint density at radius 2 is 2.22 bits per heavy atom. The SMILES string of the molecule is COC1CNC(C(=O)NC(CC(=O)O)C2CC2)C1. The highest BCUT2D eigenvalue weighted by molar-refractivity contribution is 5.83. The summed E-state index contributed by atoms with van der Waals surface area (Å²) in [5.41, 5.74) is 0. The molecule has 2 aliphatic rings. The lowest BCUT2D eigenvalue weighted by Crippen LogP contribution is -2.46.